The number of benzene rings is 1. The largest absolute Gasteiger partial charge is 0.363 e. The van der Waals surface area contributed by atoms with Crippen LogP contribution in [-0.2, 0) is 6.42 Å². The highest BCUT2D eigenvalue weighted by atomic mass is 15.1. The van der Waals surface area contributed by atoms with Crippen LogP contribution in [0.5, 0.6) is 0 Å². The van der Waals surface area contributed by atoms with E-state index in [1.807, 2.05) is 55.5 Å². The minimum Gasteiger partial charge on any atom is -0.363 e. The van der Waals surface area contributed by atoms with Crippen LogP contribution >= 0.6 is 0 Å². The molecule has 1 aromatic carbocycles. The number of hydrogen-bond donors (Lipinski definition) is 1. The summed E-state index contributed by atoms with van der Waals surface area (Å²) in [4.78, 5) is 6.10. The highest BCUT2D eigenvalue weighted by Gasteiger charge is 2.04. The van der Waals surface area contributed by atoms with E-state index in [2.05, 4.69) is 11.9 Å². The summed E-state index contributed by atoms with van der Waals surface area (Å²) in [7, 11) is 3.75. The summed E-state index contributed by atoms with van der Waals surface area (Å²) >= 11 is 0. The van der Waals surface area contributed by atoms with E-state index in [0.29, 0.717) is 5.84 Å². The summed E-state index contributed by atoms with van der Waals surface area (Å²) in [6.07, 6.45) is 4.80. The van der Waals surface area contributed by atoms with Gasteiger partial charge in [-0.3, -0.25) is 5.41 Å². The minimum absolute atomic E-state index is 0.515. The molecule has 0 radical (unpaired) electrons. The molecule has 0 spiro atoms. The van der Waals surface area contributed by atoms with Crippen molar-refractivity contribution in [1.82, 2.24) is 14.5 Å². The lowest BCUT2D eigenvalue weighted by atomic mass is 10.2. The van der Waals surface area contributed by atoms with E-state index in [-0.39, 0.29) is 0 Å². The number of aromatic nitrogens is 2. The van der Waals surface area contributed by atoms with Crippen LogP contribution in [0, 0.1) is 5.41 Å². The average molecular weight is 242 g/mol. The summed E-state index contributed by atoms with van der Waals surface area (Å²) in [5.74, 6) is 0.515. The predicted octanol–water partition coefficient (Wildman–Crippen LogP) is 2.32. The summed E-state index contributed by atoms with van der Waals surface area (Å²) in [5, 5.41) is 7.90. The maximum absolute atomic E-state index is 7.90. The third kappa shape index (κ3) is 2.42. The first-order valence-corrected chi connectivity index (χ1v) is 6.01. The Labute approximate surface area is 107 Å². The summed E-state index contributed by atoms with van der Waals surface area (Å²) in [6, 6.07) is 7.94. The van der Waals surface area contributed by atoms with Crippen molar-refractivity contribution in [1.29, 1.82) is 5.41 Å². The maximum atomic E-state index is 7.90. The minimum atomic E-state index is 0.515. The fourth-order valence-electron chi connectivity index (χ4n) is 1.74. The Bertz CT molecular complexity index is 537. The first-order valence-electron chi connectivity index (χ1n) is 6.01. The third-order valence-corrected chi connectivity index (χ3v) is 2.88. The molecule has 0 saturated heterocycles. The van der Waals surface area contributed by atoms with Crippen LogP contribution in [0.2, 0.25) is 0 Å². The zero-order valence-corrected chi connectivity index (χ0v) is 11.0. The topological polar surface area (TPSA) is 44.9 Å². The van der Waals surface area contributed by atoms with E-state index < -0.39 is 0 Å². The number of aryl methyl sites for hydroxylation is 1. The predicted molar refractivity (Wildman–Crippen MR) is 73.5 cm³/mol. The number of nitrogens with one attached hydrogen (secondary N) is 1. The standard InChI is InChI=1S/C14H18N4/c1-4-12-9-18(10-16-12)13-7-5-11(6-8-13)14(15)17(2)3/h5-10,15H,4H2,1-3H3. The van der Waals surface area contributed by atoms with Crippen molar-refractivity contribution >= 4 is 5.84 Å². The molecule has 1 aromatic heterocycles. The van der Waals surface area contributed by atoms with Gasteiger partial charge in [0.25, 0.3) is 0 Å². The Balaban J connectivity index is 2.24. The van der Waals surface area contributed by atoms with Crippen LogP contribution in [0.25, 0.3) is 5.69 Å². The summed E-state index contributed by atoms with van der Waals surface area (Å²) in [6.45, 7) is 2.09. The van der Waals surface area contributed by atoms with Crippen molar-refractivity contribution in [2.75, 3.05) is 14.1 Å². The normalized spacial score (nSPS) is 10.4. The van der Waals surface area contributed by atoms with Gasteiger partial charge in [-0.1, -0.05) is 6.92 Å². The smallest absolute Gasteiger partial charge is 0.127 e. The molecule has 4 nitrogen and oxygen atoms in total. The van der Waals surface area contributed by atoms with Crippen LogP contribution in [0.3, 0.4) is 0 Å². The van der Waals surface area contributed by atoms with Gasteiger partial charge in [-0.05, 0) is 30.7 Å². The summed E-state index contributed by atoms with van der Waals surface area (Å²) in [5.41, 5.74) is 3.07. The van der Waals surface area contributed by atoms with Crippen molar-refractivity contribution in [3.63, 3.8) is 0 Å². The molecule has 0 aliphatic heterocycles. The number of hydrogen-bond acceptors (Lipinski definition) is 2. The van der Waals surface area contributed by atoms with Crippen molar-refractivity contribution in [3.05, 3.63) is 48.0 Å². The van der Waals surface area contributed by atoms with Gasteiger partial charge < -0.3 is 9.47 Å². The fraction of sp³-hybridized carbons (Fsp3) is 0.286. The van der Waals surface area contributed by atoms with E-state index in [1.54, 1.807) is 4.90 Å². The molecule has 0 saturated carbocycles. The van der Waals surface area contributed by atoms with Crippen LogP contribution in [0.15, 0.2) is 36.8 Å². The molecular weight excluding hydrogens is 224 g/mol. The first kappa shape index (κ1) is 12.4. The van der Waals surface area contributed by atoms with Gasteiger partial charge in [-0.25, -0.2) is 4.98 Å². The van der Waals surface area contributed by atoms with Crippen LogP contribution in [0.4, 0.5) is 0 Å². The van der Waals surface area contributed by atoms with Crippen molar-refractivity contribution in [2.45, 2.75) is 13.3 Å². The maximum Gasteiger partial charge on any atom is 0.127 e. The van der Waals surface area contributed by atoms with Gasteiger partial charge in [-0.15, -0.1) is 0 Å². The van der Waals surface area contributed by atoms with E-state index >= 15 is 0 Å². The quantitative estimate of drug-likeness (QED) is 0.663. The van der Waals surface area contributed by atoms with Crippen LogP contribution in [0.1, 0.15) is 18.2 Å². The van der Waals surface area contributed by atoms with E-state index in [0.717, 1.165) is 23.4 Å². The molecule has 1 N–H and O–H groups in total. The number of rotatable bonds is 3. The Morgan fingerprint density at radius 3 is 2.44 bits per heavy atom. The Kier molecular flexibility index (Phi) is 3.46. The monoisotopic (exact) mass is 242 g/mol. The van der Waals surface area contributed by atoms with Crippen molar-refractivity contribution < 1.29 is 0 Å². The second-order valence-electron chi connectivity index (χ2n) is 4.42. The fourth-order valence-corrected chi connectivity index (χ4v) is 1.74. The van der Waals surface area contributed by atoms with E-state index in [9.17, 15) is 0 Å². The zero-order valence-electron chi connectivity index (χ0n) is 11.0. The Hall–Kier alpha value is -2.10. The van der Waals surface area contributed by atoms with Gasteiger partial charge in [0.15, 0.2) is 0 Å². The highest BCUT2D eigenvalue weighted by molar-refractivity contribution is 5.96. The molecule has 0 unspecified atom stereocenters. The average Bonchev–Trinajstić information content (AvgIpc) is 2.86. The van der Waals surface area contributed by atoms with Crippen LogP contribution < -0.4 is 0 Å². The van der Waals surface area contributed by atoms with E-state index in [1.165, 1.54) is 0 Å². The van der Waals surface area contributed by atoms with Crippen molar-refractivity contribution in [2.24, 2.45) is 0 Å². The molecule has 0 fully saturated rings. The molecule has 0 atom stereocenters. The molecule has 2 aromatic rings. The lowest BCUT2D eigenvalue weighted by molar-refractivity contribution is 0.619. The lowest BCUT2D eigenvalue weighted by Gasteiger charge is -2.13. The molecule has 4 heteroatoms. The molecular formula is C14H18N4. The number of amidine groups is 1. The SMILES string of the molecule is CCc1cn(-c2ccc(C(=N)N(C)C)cc2)cn1. The van der Waals surface area contributed by atoms with Crippen LogP contribution in [-0.4, -0.2) is 34.4 Å². The highest BCUT2D eigenvalue weighted by Crippen LogP contribution is 2.11. The zero-order chi connectivity index (χ0) is 13.1. The Morgan fingerprint density at radius 1 is 1.28 bits per heavy atom. The van der Waals surface area contributed by atoms with Gasteiger partial charge in [0, 0.05) is 31.5 Å². The molecule has 0 amide bonds. The molecule has 18 heavy (non-hydrogen) atoms. The van der Waals surface area contributed by atoms with Crippen molar-refractivity contribution in [3.8, 4) is 5.69 Å². The molecule has 0 bridgehead atoms. The van der Waals surface area contributed by atoms with Gasteiger partial charge in [0.05, 0.1) is 12.0 Å². The molecule has 0 aliphatic carbocycles. The molecule has 94 valence electrons. The van der Waals surface area contributed by atoms with Gasteiger partial charge in [0.2, 0.25) is 0 Å². The molecule has 1 heterocycles. The molecule has 2 rings (SSSR count). The lowest BCUT2D eigenvalue weighted by Crippen LogP contribution is -2.21. The van der Waals surface area contributed by atoms with Gasteiger partial charge in [-0.2, -0.15) is 0 Å². The number of nitrogens with zero attached hydrogens (tertiary/aromatic N) is 3. The molecule has 0 aliphatic rings. The van der Waals surface area contributed by atoms with E-state index in [4.69, 9.17) is 5.41 Å². The van der Waals surface area contributed by atoms with Gasteiger partial charge >= 0.3 is 0 Å². The second kappa shape index (κ2) is 5.04. The number of imidazole rings is 1. The Morgan fingerprint density at radius 2 is 1.94 bits per heavy atom. The second-order valence-corrected chi connectivity index (χ2v) is 4.42. The first-order chi connectivity index (χ1) is 8.61. The summed E-state index contributed by atoms with van der Waals surface area (Å²) < 4.78 is 2.00. The third-order valence-electron chi connectivity index (χ3n) is 2.88. The van der Waals surface area contributed by atoms with Gasteiger partial charge in [0.1, 0.15) is 5.84 Å².